The zero-order valence-corrected chi connectivity index (χ0v) is 13.5. The first-order valence-electron chi connectivity index (χ1n) is 6.98. The van der Waals surface area contributed by atoms with Crippen LogP contribution in [0, 0.1) is 5.82 Å². The van der Waals surface area contributed by atoms with Crippen LogP contribution in [0.4, 0.5) is 8.78 Å². The molecule has 11 heteroatoms. The number of nitrogens with two attached hydrogens (primary N) is 1. The maximum Gasteiger partial charge on any atom is 0.274 e. The minimum absolute atomic E-state index is 0.126. The second-order valence-corrected chi connectivity index (χ2v) is 6.44. The standard InChI is InChI=1S/C14H13F2N5O3S/c15-8-24-10-2-4-14-12(6-10)19-20-21(14)13-3-1-9(5-11(13)16)7-18-25(17,22)23/h1-6,18H,7-8H2,(H2,17,22,23). The number of hydrogen-bond acceptors (Lipinski definition) is 5. The van der Waals surface area contributed by atoms with Crippen molar-refractivity contribution in [2.24, 2.45) is 5.14 Å². The Morgan fingerprint density at radius 1 is 1.24 bits per heavy atom. The summed E-state index contributed by atoms with van der Waals surface area (Å²) in [6.07, 6.45) is 0. The molecule has 8 nitrogen and oxygen atoms in total. The van der Waals surface area contributed by atoms with Crippen molar-refractivity contribution in [1.82, 2.24) is 19.7 Å². The number of nitrogens with one attached hydrogen (secondary N) is 1. The Hall–Kier alpha value is -2.63. The topological polar surface area (TPSA) is 112 Å². The molecule has 0 spiro atoms. The Bertz CT molecular complexity index is 1020. The highest BCUT2D eigenvalue weighted by Gasteiger charge is 2.13. The summed E-state index contributed by atoms with van der Waals surface area (Å²) in [4.78, 5) is 0. The van der Waals surface area contributed by atoms with E-state index in [4.69, 9.17) is 9.88 Å². The van der Waals surface area contributed by atoms with Crippen LogP contribution in [0.2, 0.25) is 0 Å². The van der Waals surface area contributed by atoms with Gasteiger partial charge in [-0.15, -0.1) is 5.10 Å². The van der Waals surface area contributed by atoms with Crippen molar-refractivity contribution in [3.63, 3.8) is 0 Å². The van der Waals surface area contributed by atoms with Crippen LogP contribution >= 0.6 is 0 Å². The van der Waals surface area contributed by atoms with Crippen molar-refractivity contribution in [3.05, 3.63) is 47.8 Å². The van der Waals surface area contributed by atoms with E-state index in [0.717, 1.165) is 0 Å². The smallest absolute Gasteiger partial charge is 0.274 e. The van der Waals surface area contributed by atoms with Crippen molar-refractivity contribution in [2.45, 2.75) is 6.54 Å². The first kappa shape index (κ1) is 17.2. The number of fused-ring (bicyclic) bond motifs is 1. The number of hydrogen-bond donors (Lipinski definition) is 2. The van der Waals surface area contributed by atoms with Crippen LogP contribution in [0.25, 0.3) is 16.7 Å². The van der Waals surface area contributed by atoms with E-state index in [-0.39, 0.29) is 18.0 Å². The highest BCUT2D eigenvalue weighted by Crippen LogP contribution is 2.23. The monoisotopic (exact) mass is 369 g/mol. The first-order valence-corrected chi connectivity index (χ1v) is 8.52. The molecule has 132 valence electrons. The molecule has 0 aliphatic carbocycles. The number of rotatable bonds is 6. The van der Waals surface area contributed by atoms with E-state index in [9.17, 15) is 17.2 Å². The SMILES string of the molecule is NS(=O)(=O)NCc1ccc(-n2nnc3cc(OCF)ccc32)c(F)c1. The van der Waals surface area contributed by atoms with Crippen LogP contribution in [-0.4, -0.2) is 30.3 Å². The van der Waals surface area contributed by atoms with Gasteiger partial charge in [0.15, 0.2) is 0 Å². The third-order valence-electron chi connectivity index (χ3n) is 3.36. The van der Waals surface area contributed by atoms with Gasteiger partial charge in [0.1, 0.15) is 22.8 Å². The molecule has 0 saturated heterocycles. The average molecular weight is 369 g/mol. The van der Waals surface area contributed by atoms with E-state index in [2.05, 4.69) is 15.0 Å². The van der Waals surface area contributed by atoms with Crippen molar-refractivity contribution >= 4 is 21.2 Å². The molecule has 0 aliphatic rings. The molecule has 1 aromatic heterocycles. The van der Waals surface area contributed by atoms with Crippen LogP contribution < -0.4 is 14.6 Å². The fraction of sp³-hybridized carbons (Fsp3) is 0.143. The summed E-state index contributed by atoms with van der Waals surface area (Å²) < 4.78 is 56.5. The second kappa shape index (κ2) is 6.70. The van der Waals surface area contributed by atoms with Gasteiger partial charge in [0.25, 0.3) is 10.2 Å². The largest absolute Gasteiger partial charge is 0.463 e. The lowest BCUT2D eigenvalue weighted by Gasteiger charge is -2.07. The fourth-order valence-electron chi connectivity index (χ4n) is 2.25. The summed E-state index contributed by atoms with van der Waals surface area (Å²) in [7, 11) is -3.86. The van der Waals surface area contributed by atoms with Crippen LogP contribution in [0.5, 0.6) is 5.75 Å². The first-order chi connectivity index (χ1) is 11.9. The van der Waals surface area contributed by atoms with Gasteiger partial charge in [-0.05, 0) is 29.8 Å². The summed E-state index contributed by atoms with van der Waals surface area (Å²) in [6.45, 7) is -1.11. The summed E-state index contributed by atoms with van der Waals surface area (Å²) in [6, 6.07) is 8.73. The number of benzene rings is 2. The number of alkyl halides is 1. The molecule has 0 aliphatic heterocycles. The Kier molecular flexibility index (Phi) is 4.61. The van der Waals surface area contributed by atoms with Crippen molar-refractivity contribution in [3.8, 4) is 11.4 Å². The third-order valence-corrected chi connectivity index (χ3v) is 3.90. The third kappa shape index (κ3) is 3.90. The zero-order valence-electron chi connectivity index (χ0n) is 12.7. The van der Waals surface area contributed by atoms with E-state index in [1.807, 2.05) is 0 Å². The maximum absolute atomic E-state index is 14.4. The van der Waals surface area contributed by atoms with Gasteiger partial charge >= 0.3 is 0 Å². The molecule has 3 N–H and O–H groups in total. The molecule has 1 heterocycles. The van der Waals surface area contributed by atoms with E-state index < -0.39 is 22.9 Å². The lowest BCUT2D eigenvalue weighted by atomic mass is 10.2. The van der Waals surface area contributed by atoms with Gasteiger partial charge in [-0.3, -0.25) is 0 Å². The van der Waals surface area contributed by atoms with E-state index in [1.165, 1.54) is 35.0 Å². The van der Waals surface area contributed by atoms with Gasteiger partial charge in [0.05, 0.1) is 5.52 Å². The van der Waals surface area contributed by atoms with Crippen LogP contribution in [-0.2, 0) is 16.8 Å². The Morgan fingerprint density at radius 3 is 2.72 bits per heavy atom. The van der Waals surface area contributed by atoms with E-state index in [1.54, 1.807) is 6.07 Å². The molecule has 0 bridgehead atoms. The van der Waals surface area contributed by atoms with Gasteiger partial charge in [-0.25, -0.2) is 18.6 Å². The molecule has 0 radical (unpaired) electrons. The van der Waals surface area contributed by atoms with Gasteiger partial charge < -0.3 is 4.74 Å². The number of aromatic nitrogens is 3. The quantitative estimate of drug-likeness (QED) is 0.677. The van der Waals surface area contributed by atoms with Crippen LogP contribution in [0.3, 0.4) is 0 Å². The maximum atomic E-state index is 14.4. The Morgan fingerprint density at radius 2 is 2.04 bits per heavy atom. The minimum atomic E-state index is -3.86. The molecule has 0 unspecified atom stereocenters. The zero-order chi connectivity index (χ0) is 18.0. The number of ether oxygens (including phenoxy) is 1. The molecule has 3 aromatic rings. The predicted octanol–water partition coefficient (Wildman–Crippen LogP) is 1.16. The molecule has 25 heavy (non-hydrogen) atoms. The Balaban J connectivity index is 1.92. The lowest BCUT2D eigenvalue weighted by Crippen LogP contribution is -2.30. The van der Waals surface area contributed by atoms with E-state index >= 15 is 0 Å². The molecular formula is C14H13F2N5O3S. The molecule has 0 saturated carbocycles. The van der Waals surface area contributed by atoms with Crippen molar-refractivity contribution in [2.75, 3.05) is 6.86 Å². The summed E-state index contributed by atoms with van der Waals surface area (Å²) in [5, 5.41) is 12.6. The van der Waals surface area contributed by atoms with Crippen LogP contribution in [0.1, 0.15) is 5.56 Å². The minimum Gasteiger partial charge on any atom is -0.463 e. The van der Waals surface area contributed by atoms with Gasteiger partial charge in [0.2, 0.25) is 6.86 Å². The van der Waals surface area contributed by atoms with Crippen molar-refractivity contribution in [1.29, 1.82) is 0 Å². The summed E-state index contributed by atoms with van der Waals surface area (Å²) in [5.41, 5.74) is 1.42. The molecule has 0 amide bonds. The fourth-order valence-corrected chi connectivity index (χ4v) is 2.62. The highest BCUT2D eigenvalue weighted by atomic mass is 32.2. The van der Waals surface area contributed by atoms with Crippen molar-refractivity contribution < 1.29 is 21.9 Å². The summed E-state index contributed by atoms with van der Waals surface area (Å²) in [5.74, 6) is -0.337. The second-order valence-electron chi connectivity index (χ2n) is 5.06. The van der Waals surface area contributed by atoms with Gasteiger partial charge in [-0.1, -0.05) is 11.3 Å². The Labute approximate surface area is 141 Å². The molecular weight excluding hydrogens is 356 g/mol. The number of nitrogens with zero attached hydrogens (tertiary/aromatic N) is 3. The molecule has 3 rings (SSSR count). The highest BCUT2D eigenvalue weighted by molar-refractivity contribution is 7.87. The normalized spacial score (nSPS) is 11.8. The lowest BCUT2D eigenvalue weighted by molar-refractivity contribution is 0.192. The van der Waals surface area contributed by atoms with Gasteiger partial charge in [-0.2, -0.15) is 13.1 Å². The summed E-state index contributed by atoms with van der Waals surface area (Å²) >= 11 is 0. The number of halogens is 2. The molecule has 2 aromatic carbocycles. The molecule has 0 fully saturated rings. The van der Waals surface area contributed by atoms with Gasteiger partial charge in [0, 0.05) is 12.6 Å². The molecule has 0 atom stereocenters. The van der Waals surface area contributed by atoms with E-state index in [0.29, 0.717) is 16.6 Å². The van der Waals surface area contributed by atoms with Crippen LogP contribution in [0.15, 0.2) is 36.4 Å². The average Bonchev–Trinajstić information content (AvgIpc) is 2.96. The predicted molar refractivity (Wildman–Crippen MR) is 85.4 cm³/mol.